The predicted octanol–water partition coefficient (Wildman–Crippen LogP) is 4.20. The molecule has 1 fully saturated rings. The fraction of sp³-hybridized carbons (Fsp3) is 0.391. The molecular formula is C23H27N3OS. The van der Waals surface area contributed by atoms with E-state index in [2.05, 4.69) is 46.0 Å². The van der Waals surface area contributed by atoms with Crippen LogP contribution in [-0.2, 0) is 5.41 Å². The van der Waals surface area contributed by atoms with Crippen molar-refractivity contribution < 1.29 is 4.79 Å². The van der Waals surface area contributed by atoms with Crippen LogP contribution in [0.3, 0.4) is 0 Å². The van der Waals surface area contributed by atoms with E-state index >= 15 is 0 Å². The van der Waals surface area contributed by atoms with Gasteiger partial charge in [0.25, 0.3) is 5.91 Å². The minimum Gasteiger partial charge on any atom is -0.330 e. The zero-order valence-electron chi connectivity index (χ0n) is 16.4. The summed E-state index contributed by atoms with van der Waals surface area (Å²) in [5.74, 6) is 0.0803. The van der Waals surface area contributed by atoms with Crippen LogP contribution in [0.1, 0.15) is 46.8 Å². The van der Waals surface area contributed by atoms with Crippen molar-refractivity contribution in [2.24, 2.45) is 0 Å². The highest BCUT2D eigenvalue weighted by Gasteiger charge is 2.45. The van der Waals surface area contributed by atoms with E-state index in [0.717, 1.165) is 43.9 Å². The highest BCUT2D eigenvalue weighted by atomic mass is 32.2. The molecule has 2 aliphatic rings. The maximum Gasteiger partial charge on any atom is 0.257 e. The minimum absolute atomic E-state index is 0.0247. The molecule has 146 valence electrons. The smallest absolute Gasteiger partial charge is 0.257 e. The van der Waals surface area contributed by atoms with Gasteiger partial charge in [-0.25, -0.2) is 4.98 Å². The first kappa shape index (κ1) is 19.2. The molecule has 1 aromatic heterocycles. The highest BCUT2D eigenvalue weighted by Crippen LogP contribution is 2.46. The fourth-order valence-electron chi connectivity index (χ4n) is 4.79. The zero-order chi connectivity index (χ0) is 19.6. The Balaban J connectivity index is 1.82. The molecule has 1 unspecified atom stereocenters. The number of aromatic nitrogens is 1. The van der Waals surface area contributed by atoms with Crippen LogP contribution in [0.5, 0.6) is 0 Å². The lowest BCUT2D eigenvalue weighted by molar-refractivity contribution is 0.0534. The maximum absolute atomic E-state index is 13.7. The molecule has 2 aromatic rings. The van der Waals surface area contributed by atoms with Crippen LogP contribution in [0.15, 0.2) is 60.3 Å². The van der Waals surface area contributed by atoms with Gasteiger partial charge >= 0.3 is 0 Å². The van der Waals surface area contributed by atoms with Gasteiger partial charge < -0.3 is 10.2 Å². The number of hydrogen-bond donors (Lipinski definition) is 1. The Kier molecular flexibility index (Phi) is 5.56. The molecule has 4 rings (SSSR count). The topological polar surface area (TPSA) is 45.2 Å². The van der Waals surface area contributed by atoms with E-state index in [9.17, 15) is 4.79 Å². The van der Waals surface area contributed by atoms with Crippen molar-refractivity contribution in [3.8, 4) is 0 Å². The molecule has 1 atom stereocenters. The molecule has 0 bridgehead atoms. The number of amides is 1. The lowest BCUT2D eigenvalue weighted by Gasteiger charge is -2.50. The molecule has 1 spiro atoms. The Morgan fingerprint density at radius 3 is 2.86 bits per heavy atom. The zero-order valence-corrected chi connectivity index (χ0v) is 17.2. The minimum atomic E-state index is 0.0247. The summed E-state index contributed by atoms with van der Waals surface area (Å²) < 4.78 is 0. The summed E-state index contributed by atoms with van der Waals surface area (Å²) in [6.07, 6.45) is 8.52. The van der Waals surface area contributed by atoms with Crippen molar-refractivity contribution in [2.45, 2.75) is 35.7 Å². The third-order valence-electron chi connectivity index (χ3n) is 6.15. The Bertz CT molecular complexity index is 876. The SMILES string of the molecule is C=CCC1c2ccccc2C2(CCNCC2)CN1C(=O)c1cccnc1SC. The Morgan fingerprint density at radius 1 is 1.32 bits per heavy atom. The summed E-state index contributed by atoms with van der Waals surface area (Å²) >= 11 is 1.53. The third-order valence-corrected chi connectivity index (χ3v) is 6.86. The van der Waals surface area contributed by atoms with Gasteiger partial charge in [0, 0.05) is 18.2 Å². The summed E-state index contributed by atoms with van der Waals surface area (Å²) in [6, 6.07) is 12.5. The van der Waals surface area contributed by atoms with Gasteiger partial charge in [-0.2, -0.15) is 0 Å². The lowest BCUT2D eigenvalue weighted by atomic mass is 9.67. The van der Waals surface area contributed by atoms with Crippen LogP contribution in [0, 0.1) is 0 Å². The molecule has 1 saturated heterocycles. The van der Waals surface area contributed by atoms with Crippen LogP contribution < -0.4 is 5.32 Å². The first-order valence-corrected chi connectivity index (χ1v) is 11.1. The Morgan fingerprint density at radius 2 is 2.11 bits per heavy atom. The van der Waals surface area contributed by atoms with Gasteiger partial charge in [0.05, 0.1) is 11.6 Å². The average Bonchev–Trinajstić information content (AvgIpc) is 2.76. The summed E-state index contributed by atoms with van der Waals surface area (Å²) in [7, 11) is 0. The molecule has 28 heavy (non-hydrogen) atoms. The quantitative estimate of drug-likeness (QED) is 0.625. The third kappa shape index (κ3) is 3.27. The van der Waals surface area contributed by atoms with Crippen LogP contribution in [0.25, 0.3) is 0 Å². The maximum atomic E-state index is 13.7. The predicted molar refractivity (Wildman–Crippen MR) is 115 cm³/mol. The average molecular weight is 394 g/mol. The molecule has 1 N–H and O–H groups in total. The molecule has 4 nitrogen and oxygen atoms in total. The number of carbonyl (C=O) groups excluding carboxylic acids is 1. The first-order valence-electron chi connectivity index (χ1n) is 9.91. The number of carbonyl (C=O) groups is 1. The normalized spacial score (nSPS) is 20.6. The number of hydrogen-bond acceptors (Lipinski definition) is 4. The Hall–Kier alpha value is -2.11. The molecule has 1 aromatic carbocycles. The number of benzene rings is 1. The van der Waals surface area contributed by atoms with Crippen LogP contribution in [0.4, 0.5) is 0 Å². The van der Waals surface area contributed by atoms with Crippen molar-refractivity contribution in [1.29, 1.82) is 0 Å². The number of fused-ring (bicyclic) bond motifs is 2. The van der Waals surface area contributed by atoms with Crippen LogP contribution in [-0.4, -0.2) is 41.7 Å². The standard InChI is InChI=1S/C23H27N3OS/c1-3-7-20-17-8-4-5-10-19(17)23(11-14-24-15-12-23)16-26(20)22(27)18-9-6-13-25-21(18)28-2/h3-6,8-10,13,20,24H,1,7,11-12,14-16H2,2H3. The number of pyridine rings is 1. The van der Waals surface area contributed by atoms with E-state index in [1.165, 1.54) is 22.9 Å². The van der Waals surface area contributed by atoms with E-state index in [0.29, 0.717) is 5.56 Å². The Labute approximate surface area is 171 Å². The molecule has 3 heterocycles. The van der Waals surface area contributed by atoms with Crippen molar-refractivity contribution in [1.82, 2.24) is 15.2 Å². The lowest BCUT2D eigenvalue weighted by Crippen LogP contribution is -2.54. The molecule has 0 saturated carbocycles. The van der Waals surface area contributed by atoms with Gasteiger partial charge in [0.1, 0.15) is 5.03 Å². The van der Waals surface area contributed by atoms with Crippen LogP contribution in [0.2, 0.25) is 0 Å². The van der Waals surface area contributed by atoms with E-state index in [4.69, 9.17) is 0 Å². The second kappa shape index (κ2) is 8.10. The number of nitrogens with zero attached hydrogens (tertiary/aromatic N) is 2. The van der Waals surface area contributed by atoms with Crippen LogP contribution >= 0.6 is 11.8 Å². The van der Waals surface area contributed by atoms with E-state index < -0.39 is 0 Å². The van der Waals surface area contributed by atoms with Crippen molar-refractivity contribution in [3.05, 3.63) is 71.9 Å². The number of piperidine rings is 1. The summed E-state index contributed by atoms with van der Waals surface area (Å²) in [5, 5.41) is 4.28. The first-order chi connectivity index (χ1) is 13.7. The number of thioether (sulfide) groups is 1. The van der Waals surface area contributed by atoms with Gasteiger partial charge in [-0.15, -0.1) is 18.3 Å². The van der Waals surface area contributed by atoms with Gasteiger partial charge in [0.15, 0.2) is 0 Å². The molecular weight excluding hydrogens is 366 g/mol. The fourth-order valence-corrected chi connectivity index (χ4v) is 5.33. The van der Waals surface area contributed by atoms with Crippen molar-refractivity contribution in [3.63, 3.8) is 0 Å². The van der Waals surface area contributed by atoms with E-state index in [1.54, 1.807) is 6.20 Å². The molecule has 1 amide bonds. The number of nitrogens with one attached hydrogen (secondary N) is 1. The summed E-state index contributed by atoms with van der Waals surface area (Å²) in [5.41, 5.74) is 3.42. The molecule has 0 aliphatic carbocycles. The summed E-state index contributed by atoms with van der Waals surface area (Å²) in [4.78, 5) is 20.2. The molecule has 0 radical (unpaired) electrons. The molecule has 5 heteroatoms. The van der Waals surface area contributed by atoms with Gasteiger partial charge in [-0.05, 0) is 61.9 Å². The van der Waals surface area contributed by atoms with E-state index in [-0.39, 0.29) is 17.4 Å². The second-order valence-electron chi connectivity index (χ2n) is 7.65. The monoisotopic (exact) mass is 393 g/mol. The largest absolute Gasteiger partial charge is 0.330 e. The van der Waals surface area contributed by atoms with Gasteiger partial charge in [0.2, 0.25) is 0 Å². The number of rotatable bonds is 4. The van der Waals surface area contributed by atoms with Crippen molar-refractivity contribution in [2.75, 3.05) is 25.9 Å². The second-order valence-corrected chi connectivity index (χ2v) is 8.45. The highest BCUT2D eigenvalue weighted by molar-refractivity contribution is 7.98. The summed E-state index contributed by atoms with van der Waals surface area (Å²) in [6.45, 7) is 6.71. The molecule has 2 aliphatic heterocycles. The van der Waals surface area contributed by atoms with Gasteiger partial charge in [-0.1, -0.05) is 30.3 Å². The van der Waals surface area contributed by atoms with E-state index in [1.807, 2.05) is 24.5 Å². The van der Waals surface area contributed by atoms with Crippen molar-refractivity contribution >= 4 is 17.7 Å². The van der Waals surface area contributed by atoms with Gasteiger partial charge in [-0.3, -0.25) is 4.79 Å².